The number of piperazine rings is 1. The largest absolute Gasteiger partial charge is 0.514 e. The number of benzene rings is 3. The number of nitrogens with zero attached hydrogens (tertiary/aromatic N) is 3. The summed E-state index contributed by atoms with van der Waals surface area (Å²) in [5.41, 5.74) is 6.49. The van der Waals surface area contributed by atoms with E-state index in [9.17, 15) is 20.0 Å². The Kier molecular flexibility index (Phi) is 8.76. The topological polar surface area (TPSA) is 134 Å². The number of nitrogens with one attached hydrogen (secondary N) is 1. The Bertz CT molecular complexity index is 1950. The molecule has 1 saturated heterocycles. The number of aryl methyl sites for hydroxylation is 1. The average Bonchev–Trinajstić information content (AvgIpc) is 3.61. The fourth-order valence-electron chi connectivity index (χ4n) is 8.26. The maximum Gasteiger partial charge on any atom is 0.514 e. The van der Waals surface area contributed by atoms with E-state index in [0.717, 1.165) is 27.8 Å². The summed E-state index contributed by atoms with van der Waals surface area (Å²) in [5.74, 6) is 1.17. The van der Waals surface area contributed by atoms with Crippen molar-refractivity contribution < 1.29 is 33.6 Å². The Morgan fingerprint density at radius 3 is 2.60 bits per heavy atom. The highest BCUT2D eigenvalue weighted by molar-refractivity contribution is 5.91. The molecule has 258 valence electrons. The lowest BCUT2D eigenvalue weighted by molar-refractivity contribution is -0.117. The van der Waals surface area contributed by atoms with E-state index >= 15 is 0 Å². The molecule has 11 nitrogen and oxygen atoms in total. The fourth-order valence-corrected chi connectivity index (χ4v) is 8.26. The SMILES string of the molecule is C=CCOC(=O)Oc1c(C)c2c(c3c1CC1[C@@H]4c5c(cc(C)c(C)c5O)C[C@@H]([C@H](C#N)N1[C@H]3CNC(=O)/C=C/c1ccccc1)N4C)OCO2. The third kappa shape index (κ3) is 5.45. The van der Waals surface area contributed by atoms with Crippen LogP contribution in [0.25, 0.3) is 6.08 Å². The van der Waals surface area contributed by atoms with Crippen molar-refractivity contribution in [2.75, 3.05) is 27.0 Å². The summed E-state index contributed by atoms with van der Waals surface area (Å²) >= 11 is 0. The molecular formula is C39H40N4O7. The van der Waals surface area contributed by atoms with Crippen molar-refractivity contribution in [2.24, 2.45) is 0 Å². The van der Waals surface area contributed by atoms with Gasteiger partial charge >= 0.3 is 6.16 Å². The molecule has 11 heteroatoms. The fraction of sp³-hybridized carbons (Fsp3) is 0.359. The van der Waals surface area contributed by atoms with Crippen molar-refractivity contribution in [3.05, 3.63) is 99.6 Å². The number of nitriles is 1. The zero-order valence-electron chi connectivity index (χ0n) is 28.6. The molecule has 0 aliphatic carbocycles. The van der Waals surface area contributed by atoms with Crippen LogP contribution < -0.4 is 19.5 Å². The van der Waals surface area contributed by atoms with Gasteiger partial charge in [-0.05, 0) is 69.0 Å². The van der Waals surface area contributed by atoms with Crippen LogP contribution in [0.2, 0.25) is 0 Å². The van der Waals surface area contributed by atoms with E-state index in [2.05, 4.69) is 33.8 Å². The van der Waals surface area contributed by atoms with Gasteiger partial charge in [-0.25, -0.2) is 4.79 Å². The number of carbonyl (C=O) groups excluding carboxylic acids is 2. The first-order chi connectivity index (χ1) is 24.1. The van der Waals surface area contributed by atoms with Gasteiger partial charge in [-0.3, -0.25) is 14.6 Å². The van der Waals surface area contributed by atoms with Gasteiger partial charge in [0.05, 0.1) is 18.2 Å². The first-order valence-electron chi connectivity index (χ1n) is 16.8. The molecule has 4 heterocycles. The van der Waals surface area contributed by atoms with E-state index in [1.165, 1.54) is 12.2 Å². The van der Waals surface area contributed by atoms with Crippen molar-refractivity contribution >= 4 is 18.1 Å². The number of carbonyl (C=O) groups is 2. The second-order valence-corrected chi connectivity index (χ2v) is 13.3. The number of hydrogen-bond acceptors (Lipinski definition) is 10. The summed E-state index contributed by atoms with van der Waals surface area (Å²) in [5, 5.41) is 25.7. The molecule has 4 aliphatic rings. The van der Waals surface area contributed by atoms with Gasteiger partial charge in [-0.15, -0.1) is 0 Å². The standard InChI is InChI=1S/C39H40N4O7/c1-6-14-47-39(46)50-36-23(4)37-38(49-20-48-37)33-26(36)17-28-34-32-25(15-21(2)22(3)35(32)45)16-27(42(34)5)29(18-40)43(28)30(33)19-41-31(44)13-12-24-10-8-7-9-11-24/h6-13,15,27-30,34,45H,1,14,16-17,19-20H2,2-5H3,(H,41,44)/b13-12+/t27-,28?,29-,30-,34+/m0/s1. The Morgan fingerprint density at radius 1 is 1.10 bits per heavy atom. The molecule has 0 saturated carbocycles. The molecule has 1 unspecified atom stereocenters. The molecule has 50 heavy (non-hydrogen) atoms. The Morgan fingerprint density at radius 2 is 1.86 bits per heavy atom. The summed E-state index contributed by atoms with van der Waals surface area (Å²) in [6.45, 7) is 9.37. The maximum absolute atomic E-state index is 13.3. The number of likely N-dealkylation sites (N-methyl/N-ethyl adjacent to an activating group) is 1. The number of hydrogen-bond donors (Lipinski definition) is 2. The summed E-state index contributed by atoms with van der Waals surface area (Å²) in [6.07, 6.45) is 4.71. The van der Waals surface area contributed by atoms with Crippen molar-refractivity contribution in [3.63, 3.8) is 0 Å². The van der Waals surface area contributed by atoms with Crippen molar-refractivity contribution in [3.8, 4) is 29.1 Å². The third-order valence-electron chi connectivity index (χ3n) is 10.6. The Labute approximate surface area is 291 Å². The van der Waals surface area contributed by atoms with Crippen LogP contribution >= 0.6 is 0 Å². The van der Waals surface area contributed by atoms with Gasteiger partial charge in [-0.2, -0.15) is 5.26 Å². The number of rotatable bonds is 7. The number of amides is 1. The van der Waals surface area contributed by atoms with Gasteiger partial charge in [0.2, 0.25) is 12.7 Å². The summed E-state index contributed by atoms with van der Waals surface area (Å²) in [6, 6.07) is 12.2. The molecule has 2 N–H and O–H groups in total. The summed E-state index contributed by atoms with van der Waals surface area (Å²) < 4.78 is 23.2. The molecule has 1 amide bonds. The zero-order chi connectivity index (χ0) is 35.3. The molecule has 4 aliphatic heterocycles. The number of phenolic OH excluding ortho intramolecular Hbond substituents is 1. The predicted molar refractivity (Wildman–Crippen MR) is 185 cm³/mol. The highest BCUT2D eigenvalue weighted by Crippen LogP contribution is 2.57. The van der Waals surface area contributed by atoms with Gasteiger partial charge in [-0.1, -0.05) is 49.1 Å². The monoisotopic (exact) mass is 676 g/mol. The van der Waals surface area contributed by atoms with E-state index in [1.54, 1.807) is 13.0 Å². The number of fused-ring (bicyclic) bond motifs is 9. The minimum absolute atomic E-state index is 0.0287. The third-order valence-corrected chi connectivity index (χ3v) is 10.6. The van der Waals surface area contributed by atoms with Crippen LogP contribution in [0, 0.1) is 32.1 Å². The van der Waals surface area contributed by atoms with Crippen molar-refractivity contribution in [2.45, 2.75) is 63.8 Å². The summed E-state index contributed by atoms with van der Waals surface area (Å²) in [7, 11) is 2.00. The van der Waals surface area contributed by atoms with Crippen LogP contribution in [-0.4, -0.2) is 72.1 Å². The smallest absolute Gasteiger partial charge is 0.507 e. The van der Waals surface area contributed by atoms with E-state index in [-0.39, 0.29) is 55.5 Å². The number of ether oxygens (including phenoxy) is 4. The normalized spacial score (nSPS) is 23.3. The molecule has 1 fully saturated rings. The molecule has 0 spiro atoms. The second-order valence-electron chi connectivity index (χ2n) is 13.3. The van der Waals surface area contributed by atoms with E-state index in [0.29, 0.717) is 41.0 Å². The van der Waals surface area contributed by atoms with Crippen molar-refractivity contribution in [1.29, 1.82) is 5.26 Å². The van der Waals surface area contributed by atoms with Crippen LogP contribution in [-0.2, 0) is 22.4 Å². The van der Waals surface area contributed by atoms with Crippen LogP contribution in [0.3, 0.4) is 0 Å². The molecule has 5 atom stereocenters. The van der Waals surface area contributed by atoms with Gasteiger partial charge in [0, 0.05) is 47.0 Å². The minimum Gasteiger partial charge on any atom is -0.507 e. The van der Waals surface area contributed by atoms with Crippen LogP contribution in [0.15, 0.2) is 55.1 Å². The number of aromatic hydroxyl groups is 1. The minimum atomic E-state index is -0.894. The maximum atomic E-state index is 13.3. The van der Waals surface area contributed by atoms with Gasteiger partial charge in [0.15, 0.2) is 11.5 Å². The number of phenols is 1. The Hall–Kier alpha value is -5.31. The lowest BCUT2D eigenvalue weighted by Gasteiger charge is -2.60. The first-order valence-corrected chi connectivity index (χ1v) is 16.8. The predicted octanol–water partition coefficient (Wildman–Crippen LogP) is 5.35. The van der Waals surface area contributed by atoms with Gasteiger partial charge < -0.3 is 29.4 Å². The van der Waals surface area contributed by atoms with E-state index in [1.807, 2.05) is 51.2 Å². The van der Waals surface area contributed by atoms with Crippen molar-refractivity contribution in [1.82, 2.24) is 15.1 Å². The molecule has 3 aromatic carbocycles. The van der Waals surface area contributed by atoms with Gasteiger partial charge in [0.1, 0.15) is 24.1 Å². The highest BCUT2D eigenvalue weighted by atomic mass is 16.7. The van der Waals surface area contributed by atoms with Crippen LogP contribution in [0.1, 0.15) is 56.6 Å². The highest BCUT2D eigenvalue weighted by Gasteiger charge is 2.56. The Balaban J connectivity index is 1.38. The molecule has 0 aromatic heterocycles. The average molecular weight is 677 g/mol. The quantitative estimate of drug-likeness (QED) is 0.146. The molecular weight excluding hydrogens is 636 g/mol. The molecule has 2 bridgehead atoms. The van der Waals surface area contributed by atoms with E-state index in [4.69, 9.17) is 18.9 Å². The van der Waals surface area contributed by atoms with Gasteiger partial charge in [0.25, 0.3) is 0 Å². The van der Waals surface area contributed by atoms with Crippen LogP contribution in [0.4, 0.5) is 4.79 Å². The lowest BCUT2D eigenvalue weighted by Crippen LogP contribution is -2.68. The second kappa shape index (κ2) is 13.2. The van der Waals surface area contributed by atoms with Crippen LogP contribution in [0.5, 0.6) is 23.0 Å². The first kappa shape index (κ1) is 33.2. The van der Waals surface area contributed by atoms with E-state index < -0.39 is 18.2 Å². The summed E-state index contributed by atoms with van der Waals surface area (Å²) in [4.78, 5) is 30.7. The molecule has 3 aromatic rings. The zero-order valence-corrected chi connectivity index (χ0v) is 28.6. The molecule has 7 rings (SSSR count). The molecule has 0 radical (unpaired) electrons. The lowest BCUT2D eigenvalue weighted by atomic mass is 9.71.